The molecule has 0 spiro atoms. The van der Waals surface area contributed by atoms with E-state index in [0.717, 1.165) is 0 Å². The minimum atomic E-state index is -0.465. The van der Waals surface area contributed by atoms with Crippen molar-refractivity contribution in [2.45, 2.75) is 73.1 Å². The molecule has 2 fully saturated rings. The Kier molecular flexibility index (Phi) is 3.66. The number of halogens is 1. The van der Waals surface area contributed by atoms with Crippen LogP contribution in [-0.2, 0) is 4.74 Å². The standard InChI is InChI=1S/C15H27IN2O2/c1-9-10(13(2,3)4)18(16)17-11(9)15(8,14(5,6)7)20-12(17)19/h9-11H,1-8H3/t9-,10?,11?,15-/m0/s1. The third-order valence-corrected chi connectivity index (χ3v) is 6.19. The van der Waals surface area contributed by atoms with Gasteiger partial charge in [-0.2, -0.15) is 3.22 Å². The molecule has 0 aromatic heterocycles. The molecule has 0 radical (unpaired) electrons. The number of nitrogens with zero attached hydrogens (tertiary/aromatic N) is 2. The first-order chi connectivity index (χ1) is 8.82. The van der Waals surface area contributed by atoms with Crippen molar-refractivity contribution in [3.63, 3.8) is 0 Å². The Morgan fingerprint density at radius 2 is 1.70 bits per heavy atom. The largest absolute Gasteiger partial charge is 0.439 e. The molecule has 4 atom stereocenters. The summed E-state index contributed by atoms with van der Waals surface area (Å²) in [5.74, 6) is 0.363. The topological polar surface area (TPSA) is 32.8 Å². The molecule has 0 aliphatic carbocycles. The fourth-order valence-electron chi connectivity index (χ4n) is 3.76. The van der Waals surface area contributed by atoms with E-state index >= 15 is 0 Å². The number of ether oxygens (including phenoxy) is 1. The molecule has 2 saturated heterocycles. The number of hydrogen-bond donors (Lipinski definition) is 0. The number of amides is 1. The molecule has 116 valence electrons. The van der Waals surface area contributed by atoms with Gasteiger partial charge in [0.1, 0.15) is 5.60 Å². The monoisotopic (exact) mass is 394 g/mol. The van der Waals surface area contributed by atoms with Crippen molar-refractivity contribution in [2.24, 2.45) is 16.7 Å². The van der Waals surface area contributed by atoms with Gasteiger partial charge in [0.05, 0.1) is 6.04 Å². The summed E-state index contributed by atoms with van der Waals surface area (Å²) >= 11 is 2.27. The highest BCUT2D eigenvalue weighted by atomic mass is 127. The van der Waals surface area contributed by atoms with Crippen LogP contribution in [0.3, 0.4) is 0 Å². The molecule has 5 heteroatoms. The van der Waals surface area contributed by atoms with Gasteiger partial charge in [-0.3, -0.25) is 0 Å². The lowest BCUT2D eigenvalue weighted by Gasteiger charge is -2.42. The Labute approximate surface area is 136 Å². The Bertz CT molecular complexity index is 427. The van der Waals surface area contributed by atoms with Gasteiger partial charge in [0.2, 0.25) is 0 Å². The fourth-order valence-corrected chi connectivity index (χ4v) is 5.55. The van der Waals surface area contributed by atoms with Crippen LogP contribution in [0.15, 0.2) is 0 Å². The van der Waals surface area contributed by atoms with E-state index in [2.05, 4.69) is 81.5 Å². The zero-order chi connectivity index (χ0) is 15.7. The summed E-state index contributed by atoms with van der Waals surface area (Å²) in [7, 11) is 0. The van der Waals surface area contributed by atoms with Crippen molar-refractivity contribution >= 4 is 29.0 Å². The maximum Gasteiger partial charge on any atom is 0.426 e. The molecule has 4 nitrogen and oxygen atoms in total. The lowest BCUT2D eigenvalue weighted by molar-refractivity contribution is -0.0497. The van der Waals surface area contributed by atoms with Crippen LogP contribution in [-0.4, -0.2) is 32.0 Å². The molecule has 2 rings (SSSR count). The minimum absolute atomic E-state index is 0.0936. The highest BCUT2D eigenvalue weighted by Crippen LogP contribution is 2.54. The van der Waals surface area contributed by atoms with E-state index in [1.54, 1.807) is 0 Å². The minimum Gasteiger partial charge on any atom is -0.439 e. The molecule has 0 saturated carbocycles. The number of rotatable bonds is 0. The van der Waals surface area contributed by atoms with E-state index in [0.29, 0.717) is 12.0 Å². The fraction of sp³-hybridized carbons (Fsp3) is 0.933. The smallest absolute Gasteiger partial charge is 0.426 e. The van der Waals surface area contributed by atoms with Crippen molar-refractivity contribution in [1.82, 2.24) is 8.23 Å². The number of hydrogen-bond acceptors (Lipinski definition) is 3. The Hall–Kier alpha value is -0.0400. The summed E-state index contributed by atoms with van der Waals surface area (Å²) in [5.41, 5.74) is -0.447. The number of carbonyl (C=O) groups is 1. The number of hydrazine groups is 1. The van der Waals surface area contributed by atoms with Gasteiger partial charge in [-0.15, -0.1) is 0 Å². The second-order valence-corrected chi connectivity index (χ2v) is 9.46. The highest BCUT2D eigenvalue weighted by Gasteiger charge is 2.66. The predicted molar refractivity (Wildman–Crippen MR) is 88.2 cm³/mol. The lowest BCUT2D eigenvalue weighted by Crippen LogP contribution is -2.52. The van der Waals surface area contributed by atoms with Gasteiger partial charge in [-0.25, -0.2) is 9.80 Å². The first-order valence-electron chi connectivity index (χ1n) is 7.29. The Morgan fingerprint density at radius 1 is 1.20 bits per heavy atom. The van der Waals surface area contributed by atoms with E-state index in [-0.39, 0.29) is 23.0 Å². The molecular formula is C15H27IN2O2. The summed E-state index contributed by atoms with van der Waals surface area (Å²) in [5, 5.41) is 1.84. The van der Waals surface area contributed by atoms with E-state index in [9.17, 15) is 4.79 Å². The van der Waals surface area contributed by atoms with Crippen LogP contribution in [0.4, 0.5) is 4.79 Å². The molecule has 0 aromatic rings. The Balaban J connectivity index is 2.49. The van der Waals surface area contributed by atoms with Crippen LogP contribution in [0.5, 0.6) is 0 Å². The van der Waals surface area contributed by atoms with Gasteiger partial charge in [0, 0.05) is 40.2 Å². The molecule has 1 amide bonds. The summed E-state index contributed by atoms with van der Waals surface area (Å²) in [6.07, 6.45) is -0.208. The third-order valence-electron chi connectivity index (χ3n) is 5.12. The summed E-state index contributed by atoms with van der Waals surface area (Å²) in [6.45, 7) is 17.5. The molecule has 0 N–H and O–H groups in total. The van der Waals surface area contributed by atoms with E-state index in [4.69, 9.17) is 4.74 Å². The third kappa shape index (κ3) is 2.07. The van der Waals surface area contributed by atoms with Crippen molar-refractivity contribution in [3.8, 4) is 0 Å². The maximum atomic E-state index is 12.4. The number of cyclic esters (lactones) is 1. The van der Waals surface area contributed by atoms with Gasteiger partial charge in [0.15, 0.2) is 0 Å². The molecule has 2 aliphatic rings. The van der Waals surface area contributed by atoms with Gasteiger partial charge < -0.3 is 4.74 Å². The average Bonchev–Trinajstić information content (AvgIpc) is 2.62. The maximum absolute atomic E-state index is 12.4. The van der Waals surface area contributed by atoms with Crippen LogP contribution in [0.2, 0.25) is 0 Å². The SMILES string of the molecule is C[C@H]1C(C(C)(C)C)N(I)N2C(=O)O[C@](C)(C(C)(C)C)C12. The second-order valence-electron chi connectivity index (χ2n) is 8.47. The molecule has 2 aliphatic heterocycles. The van der Waals surface area contributed by atoms with Crippen LogP contribution in [0, 0.1) is 16.7 Å². The number of carbonyl (C=O) groups excluding carboxylic acids is 1. The van der Waals surface area contributed by atoms with Gasteiger partial charge in [-0.1, -0.05) is 48.5 Å². The van der Waals surface area contributed by atoms with Crippen LogP contribution >= 0.6 is 22.9 Å². The first kappa shape index (κ1) is 16.3. The van der Waals surface area contributed by atoms with Crippen LogP contribution in [0.25, 0.3) is 0 Å². The molecule has 20 heavy (non-hydrogen) atoms. The summed E-state index contributed by atoms with van der Waals surface area (Å²) in [6, 6.07) is 0.416. The summed E-state index contributed by atoms with van der Waals surface area (Å²) < 4.78 is 7.90. The van der Waals surface area contributed by atoms with E-state index < -0.39 is 5.60 Å². The van der Waals surface area contributed by atoms with Crippen molar-refractivity contribution in [1.29, 1.82) is 0 Å². The van der Waals surface area contributed by atoms with Crippen LogP contribution < -0.4 is 0 Å². The lowest BCUT2D eigenvalue weighted by atomic mass is 9.67. The first-order valence-corrected chi connectivity index (χ1v) is 8.26. The van der Waals surface area contributed by atoms with E-state index in [1.165, 1.54) is 0 Å². The molecule has 0 bridgehead atoms. The van der Waals surface area contributed by atoms with Crippen molar-refractivity contribution in [3.05, 3.63) is 0 Å². The van der Waals surface area contributed by atoms with E-state index in [1.807, 2.05) is 5.01 Å². The quantitative estimate of drug-likeness (QED) is 0.455. The van der Waals surface area contributed by atoms with Crippen LogP contribution in [0.1, 0.15) is 55.4 Å². The van der Waals surface area contributed by atoms with Crippen molar-refractivity contribution < 1.29 is 9.53 Å². The molecule has 2 unspecified atom stereocenters. The molecule has 0 aromatic carbocycles. The number of fused-ring (bicyclic) bond motifs is 1. The average molecular weight is 394 g/mol. The molecular weight excluding hydrogens is 367 g/mol. The Morgan fingerprint density at radius 3 is 2.10 bits per heavy atom. The summed E-state index contributed by atoms with van der Waals surface area (Å²) in [4.78, 5) is 12.4. The van der Waals surface area contributed by atoms with Gasteiger partial charge in [-0.05, 0) is 12.3 Å². The predicted octanol–water partition coefficient (Wildman–Crippen LogP) is 4.24. The zero-order valence-corrected chi connectivity index (χ0v) is 16.0. The zero-order valence-electron chi connectivity index (χ0n) is 13.8. The van der Waals surface area contributed by atoms with Crippen molar-refractivity contribution in [2.75, 3.05) is 0 Å². The normalized spacial score (nSPS) is 39.1. The van der Waals surface area contributed by atoms with Gasteiger partial charge >= 0.3 is 6.09 Å². The second kappa shape index (κ2) is 4.48. The van der Waals surface area contributed by atoms with Gasteiger partial charge in [0.25, 0.3) is 0 Å². The highest BCUT2D eigenvalue weighted by molar-refractivity contribution is 14.1. The molecule has 2 heterocycles.